The van der Waals surface area contributed by atoms with Crippen LogP contribution in [0.2, 0.25) is 0 Å². The summed E-state index contributed by atoms with van der Waals surface area (Å²) in [6.45, 7) is 2.53. The third kappa shape index (κ3) is 5.85. The summed E-state index contributed by atoms with van der Waals surface area (Å²) in [7, 11) is 3.57. The fourth-order valence-corrected chi connectivity index (χ4v) is 3.28. The maximum absolute atomic E-state index is 12.0. The molecule has 0 aliphatic rings. The number of nitrogens with one attached hydrogen (secondary N) is 1. The highest BCUT2D eigenvalue weighted by atomic mass is 35.5. The number of aliphatic hydroxyl groups is 1. The number of nitrogens with zero attached hydrogens (tertiary/aromatic N) is 2. The number of aromatic nitrogens is 2. The molecule has 29 heavy (non-hydrogen) atoms. The predicted molar refractivity (Wildman–Crippen MR) is 119 cm³/mol. The molecule has 7 heteroatoms. The van der Waals surface area contributed by atoms with E-state index in [0.717, 1.165) is 54.7 Å². The van der Waals surface area contributed by atoms with Gasteiger partial charge in [0.05, 0.1) is 11.0 Å². The Hall–Kier alpha value is -2.28. The quantitative estimate of drug-likeness (QED) is 0.495. The molecule has 0 fully saturated rings. The Morgan fingerprint density at radius 2 is 1.62 bits per heavy atom. The van der Waals surface area contributed by atoms with Gasteiger partial charge in [0, 0.05) is 27.2 Å². The minimum atomic E-state index is -0.0225. The van der Waals surface area contributed by atoms with Crippen LogP contribution in [0.4, 0.5) is 0 Å². The molecule has 0 saturated heterocycles. The standard InChI is InChI=1S/C22H29N3O3.ClH/c1-24-20-11-8-18(14-21(20)25(2)22(24)27)16-28-19-9-6-17(7-10-19)15-23-12-4-3-5-13-26;/h6-11,14,23,26H,3-5,12-13,15-16H2,1-2H3;1H. The van der Waals surface area contributed by atoms with Gasteiger partial charge in [-0.3, -0.25) is 9.13 Å². The number of aliphatic hydroxyl groups excluding tert-OH is 1. The van der Waals surface area contributed by atoms with Crippen molar-refractivity contribution >= 4 is 23.4 Å². The number of unbranched alkanes of at least 4 members (excludes halogenated alkanes) is 2. The van der Waals surface area contributed by atoms with E-state index in [1.54, 1.807) is 23.2 Å². The van der Waals surface area contributed by atoms with E-state index in [0.29, 0.717) is 6.61 Å². The van der Waals surface area contributed by atoms with E-state index in [1.807, 2.05) is 30.3 Å². The summed E-state index contributed by atoms with van der Waals surface area (Å²) in [6, 6.07) is 14.1. The van der Waals surface area contributed by atoms with Gasteiger partial charge in [0.2, 0.25) is 0 Å². The number of fused-ring (bicyclic) bond motifs is 1. The fourth-order valence-electron chi connectivity index (χ4n) is 3.28. The zero-order valence-corrected chi connectivity index (χ0v) is 17.9. The second kappa shape index (κ2) is 11.0. The molecule has 3 aromatic rings. The Morgan fingerprint density at radius 3 is 2.34 bits per heavy atom. The molecule has 0 bridgehead atoms. The first-order chi connectivity index (χ1) is 13.6. The molecule has 2 N–H and O–H groups in total. The average Bonchev–Trinajstić information content (AvgIpc) is 2.94. The second-order valence-electron chi connectivity index (χ2n) is 7.12. The van der Waals surface area contributed by atoms with E-state index in [9.17, 15) is 4.79 Å². The summed E-state index contributed by atoms with van der Waals surface area (Å²) in [5.74, 6) is 0.828. The number of benzene rings is 2. The van der Waals surface area contributed by atoms with E-state index >= 15 is 0 Å². The monoisotopic (exact) mass is 419 g/mol. The highest BCUT2D eigenvalue weighted by Crippen LogP contribution is 2.17. The summed E-state index contributed by atoms with van der Waals surface area (Å²) < 4.78 is 9.21. The van der Waals surface area contributed by atoms with Crippen molar-refractivity contribution in [1.29, 1.82) is 0 Å². The zero-order chi connectivity index (χ0) is 19.9. The SMILES string of the molecule is Cl.Cn1c(=O)n(C)c2cc(COc3ccc(CNCCCCCO)cc3)ccc21. The summed E-state index contributed by atoms with van der Waals surface area (Å²) in [5, 5.41) is 12.2. The number of imidazole rings is 1. The van der Waals surface area contributed by atoms with Crippen LogP contribution in [0.25, 0.3) is 11.0 Å². The van der Waals surface area contributed by atoms with Crippen LogP contribution in [0.3, 0.4) is 0 Å². The lowest BCUT2D eigenvalue weighted by Crippen LogP contribution is -2.19. The van der Waals surface area contributed by atoms with Crippen molar-refractivity contribution in [3.05, 3.63) is 64.1 Å². The largest absolute Gasteiger partial charge is 0.489 e. The molecule has 0 atom stereocenters. The number of hydrogen-bond donors (Lipinski definition) is 2. The number of rotatable bonds is 10. The first-order valence-corrected chi connectivity index (χ1v) is 9.78. The van der Waals surface area contributed by atoms with Gasteiger partial charge in [-0.1, -0.05) is 18.2 Å². The van der Waals surface area contributed by atoms with Crippen LogP contribution in [-0.2, 0) is 27.2 Å². The Bertz CT molecular complexity index is 964. The Kier molecular flexibility index (Phi) is 8.76. The van der Waals surface area contributed by atoms with Crippen molar-refractivity contribution in [2.24, 2.45) is 14.1 Å². The topological polar surface area (TPSA) is 68.4 Å². The molecular formula is C22H30ClN3O3. The number of hydrogen-bond acceptors (Lipinski definition) is 4. The fraction of sp³-hybridized carbons (Fsp3) is 0.409. The molecule has 2 aromatic carbocycles. The minimum absolute atomic E-state index is 0. The Morgan fingerprint density at radius 1 is 0.931 bits per heavy atom. The molecule has 3 rings (SSSR count). The van der Waals surface area contributed by atoms with E-state index in [2.05, 4.69) is 17.4 Å². The van der Waals surface area contributed by atoms with Crippen LogP contribution in [0, 0.1) is 0 Å². The van der Waals surface area contributed by atoms with Gasteiger partial charge >= 0.3 is 5.69 Å². The average molecular weight is 420 g/mol. The molecule has 0 aliphatic heterocycles. The first-order valence-electron chi connectivity index (χ1n) is 9.78. The molecular weight excluding hydrogens is 390 g/mol. The summed E-state index contributed by atoms with van der Waals surface area (Å²) in [5.41, 5.74) is 4.06. The molecule has 6 nitrogen and oxygen atoms in total. The van der Waals surface area contributed by atoms with Gasteiger partial charge in [0.1, 0.15) is 12.4 Å². The van der Waals surface area contributed by atoms with E-state index < -0.39 is 0 Å². The molecule has 0 amide bonds. The van der Waals surface area contributed by atoms with Gasteiger partial charge in [0.15, 0.2) is 0 Å². The van der Waals surface area contributed by atoms with Gasteiger partial charge in [-0.15, -0.1) is 12.4 Å². The van der Waals surface area contributed by atoms with Gasteiger partial charge in [-0.2, -0.15) is 0 Å². The van der Waals surface area contributed by atoms with Crippen molar-refractivity contribution in [2.45, 2.75) is 32.4 Å². The third-order valence-corrected chi connectivity index (χ3v) is 5.01. The molecule has 0 radical (unpaired) electrons. The lowest BCUT2D eigenvalue weighted by molar-refractivity contribution is 0.283. The van der Waals surface area contributed by atoms with Crippen LogP contribution in [0.5, 0.6) is 5.75 Å². The van der Waals surface area contributed by atoms with Crippen molar-refractivity contribution in [3.63, 3.8) is 0 Å². The Labute approximate surface area is 177 Å². The van der Waals surface area contributed by atoms with Gasteiger partial charge in [-0.05, 0) is 61.2 Å². The van der Waals surface area contributed by atoms with Gasteiger partial charge < -0.3 is 15.2 Å². The smallest absolute Gasteiger partial charge is 0.328 e. The normalized spacial score (nSPS) is 10.9. The van der Waals surface area contributed by atoms with E-state index in [4.69, 9.17) is 9.84 Å². The second-order valence-corrected chi connectivity index (χ2v) is 7.12. The third-order valence-electron chi connectivity index (χ3n) is 5.01. The maximum Gasteiger partial charge on any atom is 0.328 e. The highest BCUT2D eigenvalue weighted by Gasteiger charge is 2.08. The van der Waals surface area contributed by atoms with E-state index in [-0.39, 0.29) is 24.7 Å². The molecule has 158 valence electrons. The van der Waals surface area contributed by atoms with Crippen molar-refractivity contribution in [2.75, 3.05) is 13.2 Å². The van der Waals surface area contributed by atoms with Crippen molar-refractivity contribution < 1.29 is 9.84 Å². The molecule has 0 aliphatic carbocycles. The number of ether oxygens (including phenoxy) is 1. The van der Waals surface area contributed by atoms with Crippen LogP contribution in [-0.4, -0.2) is 27.4 Å². The summed E-state index contributed by atoms with van der Waals surface area (Å²) in [6.07, 6.45) is 3.01. The summed E-state index contributed by atoms with van der Waals surface area (Å²) >= 11 is 0. The lowest BCUT2D eigenvalue weighted by atomic mass is 10.2. The minimum Gasteiger partial charge on any atom is -0.489 e. The highest BCUT2D eigenvalue weighted by molar-refractivity contribution is 5.85. The van der Waals surface area contributed by atoms with Crippen molar-refractivity contribution in [3.8, 4) is 5.75 Å². The number of halogens is 1. The van der Waals surface area contributed by atoms with Crippen molar-refractivity contribution in [1.82, 2.24) is 14.5 Å². The molecule has 0 unspecified atom stereocenters. The van der Waals surface area contributed by atoms with Crippen LogP contribution in [0.15, 0.2) is 47.3 Å². The van der Waals surface area contributed by atoms with Crippen LogP contribution in [0.1, 0.15) is 30.4 Å². The molecule has 0 spiro atoms. The van der Waals surface area contributed by atoms with Gasteiger partial charge in [0.25, 0.3) is 0 Å². The van der Waals surface area contributed by atoms with Gasteiger partial charge in [-0.25, -0.2) is 4.79 Å². The Balaban J connectivity index is 0.00000300. The first kappa shape index (κ1) is 23.0. The molecule has 0 saturated carbocycles. The van der Waals surface area contributed by atoms with Crippen LogP contribution < -0.4 is 15.7 Å². The zero-order valence-electron chi connectivity index (χ0n) is 17.1. The lowest BCUT2D eigenvalue weighted by Gasteiger charge is -2.09. The maximum atomic E-state index is 12.0. The summed E-state index contributed by atoms with van der Waals surface area (Å²) in [4.78, 5) is 12.0. The molecule has 1 aromatic heterocycles. The molecule has 1 heterocycles. The predicted octanol–water partition coefficient (Wildman–Crippen LogP) is 3.13. The van der Waals surface area contributed by atoms with E-state index in [1.165, 1.54) is 5.56 Å². The van der Waals surface area contributed by atoms with Crippen LogP contribution >= 0.6 is 12.4 Å². The number of aryl methyl sites for hydroxylation is 2.